The van der Waals surface area contributed by atoms with E-state index in [1.807, 2.05) is 25.3 Å². The molecule has 0 fully saturated rings. The highest BCUT2D eigenvalue weighted by Crippen LogP contribution is 2.39. The molecule has 1 heterocycles. The van der Waals surface area contributed by atoms with E-state index < -0.39 is 11.7 Å². The molecule has 0 aromatic heterocycles. The molecule has 1 atom stereocenters. The molecule has 0 saturated heterocycles. The first-order valence-corrected chi connectivity index (χ1v) is 8.61. The third-order valence-electron chi connectivity index (χ3n) is 4.00. The molecule has 1 aliphatic heterocycles. The number of halogens is 3. The van der Waals surface area contributed by atoms with E-state index in [1.54, 1.807) is 6.07 Å². The summed E-state index contributed by atoms with van der Waals surface area (Å²) in [6.07, 6.45) is 0.740. The minimum absolute atomic E-state index is 0.291. The Bertz CT molecular complexity index is 753. The Morgan fingerprint density at radius 2 is 1.96 bits per heavy atom. The van der Waals surface area contributed by atoms with Crippen LogP contribution in [0.3, 0.4) is 0 Å². The van der Waals surface area contributed by atoms with Crippen molar-refractivity contribution in [2.45, 2.75) is 35.2 Å². The second kappa shape index (κ2) is 6.93. The van der Waals surface area contributed by atoms with Gasteiger partial charge in [0.1, 0.15) is 0 Å². The molecule has 126 valence electrons. The Hall–Kier alpha value is -1.88. The van der Waals surface area contributed by atoms with Crippen molar-refractivity contribution in [2.75, 3.05) is 6.54 Å². The van der Waals surface area contributed by atoms with Crippen LogP contribution in [-0.2, 0) is 6.18 Å². The molecule has 0 saturated carbocycles. The molecule has 1 N–H and O–H groups in total. The van der Waals surface area contributed by atoms with Crippen LogP contribution >= 0.6 is 11.8 Å². The predicted molar refractivity (Wildman–Crippen MR) is 91.2 cm³/mol. The predicted octanol–water partition coefficient (Wildman–Crippen LogP) is 5.76. The highest BCUT2D eigenvalue weighted by atomic mass is 32.2. The van der Waals surface area contributed by atoms with Crippen LogP contribution in [0, 0.1) is 6.92 Å². The van der Waals surface area contributed by atoms with Crippen LogP contribution in [0.4, 0.5) is 13.2 Å². The zero-order valence-corrected chi connectivity index (χ0v) is 14.0. The molecule has 0 spiro atoms. The molecule has 24 heavy (non-hydrogen) atoms. The average Bonchev–Trinajstić information content (AvgIpc) is 2.57. The molecule has 2 aromatic carbocycles. The van der Waals surface area contributed by atoms with Crippen molar-refractivity contribution in [1.82, 2.24) is 5.32 Å². The smallest absolute Gasteiger partial charge is 0.391 e. The number of aryl methyl sites for hydroxylation is 1. The molecule has 1 aliphatic rings. The third-order valence-corrected chi connectivity index (χ3v) is 5.08. The molecule has 1 nitrogen and oxygen atoms in total. The van der Waals surface area contributed by atoms with Crippen molar-refractivity contribution in [3.63, 3.8) is 0 Å². The van der Waals surface area contributed by atoms with Gasteiger partial charge >= 0.3 is 6.18 Å². The number of hydrogen-bond acceptors (Lipinski definition) is 2. The van der Waals surface area contributed by atoms with E-state index in [4.69, 9.17) is 0 Å². The first-order valence-electron chi connectivity index (χ1n) is 7.79. The lowest BCUT2D eigenvalue weighted by molar-refractivity contribution is -0.137. The molecule has 0 radical (unpaired) electrons. The molecular weight excluding hydrogens is 331 g/mol. The van der Waals surface area contributed by atoms with Gasteiger partial charge in [-0.15, -0.1) is 0 Å². The van der Waals surface area contributed by atoms with Gasteiger partial charge in [-0.2, -0.15) is 13.2 Å². The second-order valence-electron chi connectivity index (χ2n) is 5.88. The Kier molecular flexibility index (Phi) is 4.90. The standard InChI is InChI=1S/C19H18F3NS/c1-13-5-6-18(17(11-13)14-7-9-23-10-8-14)24-16-4-2-3-15(12-16)19(20,21)22/h2-7,9,11-12,14,23H,8,10H2,1H3. The lowest BCUT2D eigenvalue weighted by Crippen LogP contribution is -2.16. The van der Waals surface area contributed by atoms with Gasteiger partial charge in [-0.25, -0.2) is 0 Å². The summed E-state index contributed by atoms with van der Waals surface area (Å²) in [6.45, 7) is 2.94. The Balaban J connectivity index is 1.93. The zero-order chi connectivity index (χ0) is 17.2. The summed E-state index contributed by atoms with van der Waals surface area (Å²) >= 11 is 1.39. The van der Waals surface area contributed by atoms with E-state index in [2.05, 4.69) is 17.5 Å². The highest BCUT2D eigenvalue weighted by molar-refractivity contribution is 7.99. The van der Waals surface area contributed by atoms with Gasteiger partial charge < -0.3 is 5.32 Å². The molecule has 0 aliphatic carbocycles. The number of rotatable bonds is 3. The first kappa shape index (κ1) is 17.0. The normalized spacial score (nSPS) is 17.6. The van der Waals surface area contributed by atoms with Crippen LogP contribution in [0.15, 0.2) is 64.5 Å². The maximum atomic E-state index is 12.9. The van der Waals surface area contributed by atoms with Crippen molar-refractivity contribution in [1.29, 1.82) is 0 Å². The van der Waals surface area contributed by atoms with Crippen LogP contribution in [0.1, 0.15) is 29.0 Å². The topological polar surface area (TPSA) is 12.0 Å². The third kappa shape index (κ3) is 3.96. The fourth-order valence-corrected chi connectivity index (χ4v) is 3.83. The van der Waals surface area contributed by atoms with Crippen LogP contribution in [0.2, 0.25) is 0 Å². The van der Waals surface area contributed by atoms with E-state index in [0.29, 0.717) is 10.8 Å². The SMILES string of the molecule is Cc1ccc(Sc2cccc(C(F)(F)F)c2)c(C2C=CNCC2)c1. The van der Waals surface area contributed by atoms with Crippen LogP contribution in [0.5, 0.6) is 0 Å². The van der Waals surface area contributed by atoms with Gasteiger partial charge in [0.2, 0.25) is 0 Å². The first-order chi connectivity index (χ1) is 11.4. The van der Waals surface area contributed by atoms with Crippen LogP contribution in [0.25, 0.3) is 0 Å². The van der Waals surface area contributed by atoms with E-state index in [-0.39, 0.29) is 0 Å². The Labute approximate surface area is 144 Å². The fourth-order valence-electron chi connectivity index (χ4n) is 2.78. The molecule has 5 heteroatoms. The zero-order valence-electron chi connectivity index (χ0n) is 13.2. The van der Waals surface area contributed by atoms with Gasteiger partial charge in [-0.05, 0) is 49.4 Å². The Morgan fingerprint density at radius 3 is 2.67 bits per heavy atom. The maximum Gasteiger partial charge on any atom is 0.416 e. The molecule has 1 unspecified atom stereocenters. The van der Waals surface area contributed by atoms with Crippen molar-refractivity contribution < 1.29 is 13.2 Å². The van der Waals surface area contributed by atoms with E-state index in [1.165, 1.54) is 29.5 Å². The van der Waals surface area contributed by atoms with Gasteiger partial charge in [0, 0.05) is 22.3 Å². The summed E-state index contributed by atoms with van der Waals surface area (Å²) in [5.74, 6) is 0.291. The molecule has 0 amide bonds. The van der Waals surface area contributed by atoms with Gasteiger partial charge in [0.25, 0.3) is 0 Å². The van der Waals surface area contributed by atoms with Crippen molar-refractivity contribution in [3.05, 3.63) is 71.4 Å². The van der Waals surface area contributed by atoms with Gasteiger partial charge in [-0.1, -0.05) is 41.6 Å². The molecule has 3 rings (SSSR count). The minimum atomic E-state index is -4.32. The summed E-state index contributed by atoms with van der Waals surface area (Å²) in [4.78, 5) is 1.62. The highest BCUT2D eigenvalue weighted by Gasteiger charge is 2.30. The van der Waals surface area contributed by atoms with Gasteiger partial charge in [0.15, 0.2) is 0 Å². The number of allylic oxidation sites excluding steroid dienone is 1. The fraction of sp³-hybridized carbons (Fsp3) is 0.263. The van der Waals surface area contributed by atoms with Gasteiger partial charge in [0.05, 0.1) is 5.56 Å². The molecule has 2 aromatic rings. The lowest BCUT2D eigenvalue weighted by Gasteiger charge is -2.21. The van der Waals surface area contributed by atoms with E-state index in [9.17, 15) is 13.2 Å². The average molecular weight is 349 g/mol. The number of benzene rings is 2. The van der Waals surface area contributed by atoms with Crippen molar-refractivity contribution in [2.24, 2.45) is 0 Å². The maximum absolute atomic E-state index is 12.9. The summed E-state index contributed by atoms with van der Waals surface area (Å²) in [6, 6.07) is 11.7. The summed E-state index contributed by atoms with van der Waals surface area (Å²) in [7, 11) is 0. The summed E-state index contributed by atoms with van der Waals surface area (Å²) in [5.41, 5.74) is 1.73. The monoisotopic (exact) mass is 349 g/mol. The van der Waals surface area contributed by atoms with Crippen LogP contribution < -0.4 is 5.32 Å². The molecule has 0 bridgehead atoms. The van der Waals surface area contributed by atoms with Crippen molar-refractivity contribution in [3.8, 4) is 0 Å². The summed E-state index contributed by atoms with van der Waals surface area (Å²) < 4.78 is 38.7. The largest absolute Gasteiger partial charge is 0.416 e. The Morgan fingerprint density at radius 1 is 1.12 bits per heavy atom. The van der Waals surface area contributed by atoms with Crippen molar-refractivity contribution >= 4 is 11.8 Å². The second-order valence-corrected chi connectivity index (χ2v) is 6.99. The minimum Gasteiger partial charge on any atom is -0.391 e. The van der Waals surface area contributed by atoms with Gasteiger partial charge in [-0.3, -0.25) is 0 Å². The van der Waals surface area contributed by atoms with Crippen LogP contribution in [-0.4, -0.2) is 6.54 Å². The van der Waals surface area contributed by atoms with E-state index in [0.717, 1.165) is 29.5 Å². The number of alkyl halides is 3. The lowest BCUT2D eigenvalue weighted by atomic mass is 9.93. The van der Waals surface area contributed by atoms with E-state index >= 15 is 0 Å². The summed E-state index contributed by atoms with van der Waals surface area (Å²) in [5, 5.41) is 3.18. The number of nitrogens with one attached hydrogen (secondary N) is 1. The molecular formula is C19H18F3NS. The quantitative estimate of drug-likeness (QED) is 0.756. The number of hydrogen-bond donors (Lipinski definition) is 1.